The van der Waals surface area contributed by atoms with Crippen LogP contribution in [0.2, 0.25) is 5.02 Å². The van der Waals surface area contributed by atoms with E-state index in [0.29, 0.717) is 19.4 Å². The molecule has 0 aliphatic rings. The molecule has 0 saturated heterocycles. The summed E-state index contributed by atoms with van der Waals surface area (Å²) in [5.74, 6) is -0.858. The van der Waals surface area contributed by atoms with Crippen molar-refractivity contribution in [2.75, 3.05) is 13.1 Å². The minimum atomic E-state index is -3.81. The molecular weight excluding hydrogens is 267 g/mol. The summed E-state index contributed by atoms with van der Waals surface area (Å²) < 4.78 is 39.1. The van der Waals surface area contributed by atoms with Gasteiger partial charge in [-0.3, -0.25) is 0 Å². The lowest BCUT2D eigenvalue weighted by molar-refractivity contribution is 0.554. The SMILES string of the molecule is NCCCCNS(=O)(=O)c1ccc(Cl)cc1F. The molecule has 0 heterocycles. The molecule has 0 amide bonds. The van der Waals surface area contributed by atoms with Crippen molar-refractivity contribution in [3.8, 4) is 0 Å². The number of nitrogens with one attached hydrogen (secondary N) is 1. The van der Waals surface area contributed by atoms with Gasteiger partial charge in [0.2, 0.25) is 10.0 Å². The zero-order valence-electron chi connectivity index (χ0n) is 9.12. The highest BCUT2D eigenvalue weighted by molar-refractivity contribution is 7.89. The third-order valence-electron chi connectivity index (χ3n) is 2.11. The molecule has 0 bridgehead atoms. The fourth-order valence-corrected chi connectivity index (χ4v) is 2.54. The quantitative estimate of drug-likeness (QED) is 0.776. The fraction of sp³-hybridized carbons (Fsp3) is 0.400. The van der Waals surface area contributed by atoms with Crippen LogP contribution in [0.25, 0.3) is 0 Å². The van der Waals surface area contributed by atoms with Crippen molar-refractivity contribution < 1.29 is 12.8 Å². The number of nitrogens with two attached hydrogens (primary N) is 1. The second-order valence-electron chi connectivity index (χ2n) is 3.47. The molecule has 0 aliphatic carbocycles. The first kappa shape index (κ1) is 14.4. The average Bonchev–Trinajstić information content (AvgIpc) is 2.24. The van der Waals surface area contributed by atoms with Crippen LogP contribution in [-0.4, -0.2) is 21.5 Å². The molecule has 0 spiro atoms. The summed E-state index contributed by atoms with van der Waals surface area (Å²) in [4.78, 5) is -0.394. The van der Waals surface area contributed by atoms with E-state index in [0.717, 1.165) is 12.1 Å². The molecular formula is C10H14ClFN2O2S. The van der Waals surface area contributed by atoms with E-state index in [2.05, 4.69) is 4.72 Å². The Balaban J connectivity index is 2.76. The van der Waals surface area contributed by atoms with Crippen LogP contribution < -0.4 is 10.5 Å². The molecule has 1 aromatic rings. The lowest BCUT2D eigenvalue weighted by atomic mass is 10.3. The molecule has 0 atom stereocenters. The van der Waals surface area contributed by atoms with Gasteiger partial charge >= 0.3 is 0 Å². The van der Waals surface area contributed by atoms with Gasteiger partial charge in [-0.1, -0.05) is 11.6 Å². The van der Waals surface area contributed by atoms with E-state index in [1.807, 2.05) is 0 Å². The molecule has 0 radical (unpaired) electrons. The molecule has 0 saturated carbocycles. The normalized spacial score (nSPS) is 11.7. The summed E-state index contributed by atoms with van der Waals surface area (Å²) in [5.41, 5.74) is 5.28. The van der Waals surface area contributed by atoms with E-state index in [9.17, 15) is 12.8 Å². The van der Waals surface area contributed by atoms with Crippen LogP contribution >= 0.6 is 11.6 Å². The van der Waals surface area contributed by atoms with Crippen molar-refractivity contribution in [3.05, 3.63) is 29.0 Å². The maximum Gasteiger partial charge on any atom is 0.243 e. The Hall–Kier alpha value is -0.690. The lowest BCUT2D eigenvalue weighted by Gasteiger charge is -2.07. The molecule has 7 heteroatoms. The highest BCUT2D eigenvalue weighted by Crippen LogP contribution is 2.18. The van der Waals surface area contributed by atoms with Gasteiger partial charge in [-0.2, -0.15) is 0 Å². The predicted octanol–water partition coefficient (Wildman–Crippen LogP) is 1.50. The summed E-state index contributed by atoms with van der Waals surface area (Å²) in [6.45, 7) is 0.735. The molecule has 1 aromatic carbocycles. The van der Waals surface area contributed by atoms with Crippen molar-refractivity contribution in [3.63, 3.8) is 0 Å². The molecule has 4 nitrogen and oxygen atoms in total. The van der Waals surface area contributed by atoms with E-state index in [1.165, 1.54) is 6.07 Å². The van der Waals surface area contributed by atoms with Gasteiger partial charge in [0.25, 0.3) is 0 Å². The Morgan fingerprint density at radius 2 is 2.06 bits per heavy atom. The van der Waals surface area contributed by atoms with Crippen molar-refractivity contribution in [1.29, 1.82) is 0 Å². The maximum atomic E-state index is 13.4. The second kappa shape index (κ2) is 6.30. The van der Waals surface area contributed by atoms with Crippen LogP contribution in [0.3, 0.4) is 0 Å². The minimum absolute atomic E-state index is 0.157. The monoisotopic (exact) mass is 280 g/mol. The summed E-state index contributed by atoms with van der Waals surface area (Å²) >= 11 is 5.54. The van der Waals surface area contributed by atoms with Gasteiger partial charge in [0, 0.05) is 11.6 Å². The molecule has 17 heavy (non-hydrogen) atoms. The van der Waals surface area contributed by atoms with Crippen molar-refractivity contribution in [1.82, 2.24) is 4.72 Å². The van der Waals surface area contributed by atoms with Crippen molar-refractivity contribution in [2.45, 2.75) is 17.7 Å². The van der Waals surface area contributed by atoms with E-state index in [-0.39, 0.29) is 11.6 Å². The highest BCUT2D eigenvalue weighted by atomic mass is 35.5. The Morgan fingerprint density at radius 1 is 1.35 bits per heavy atom. The number of unbranched alkanes of at least 4 members (excludes halogenated alkanes) is 1. The van der Waals surface area contributed by atoms with Crippen LogP contribution in [-0.2, 0) is 10.0 Å². The Morgan fingerprint density at radius 3 is 2.65 bits per heavy atom. The highest BCUT2D eigenvalue weighted by Gasteiger charge is 2.18. The summed E-state index contributed by atoms with van der Waals surface area (Å²) in [7, 11) is -3.81. The first-order chi connectivity index (χ1) is 7.97. The summed E-state index contributed by atoms with van der Waals surface area (Å²) in [6.07, 6.45) is 1.33. The van der Waals surface area contributed by atoms with Gasteiger partial charge in [0.1, 0.15) is 10.7 Å². The number of hydrogen-bond acceptors (Lipinski definition) is 3. The smallest absolute Gasteiger partial charge is 0.243 e. The first-order valence-electron chi connectivity index (χ1n) is 5.12. The third kappa shape index (κ3) is 4.23. The minimum Gasteiger partial charge on any atom is -0.330 e. The molecule has 0 aromatic heterocycles. The second-order valence-corrected chi connectivity index (χ2v) is 5.64. The van der Waals surface area contributed by atoms with Gasteiger partial charge in [0.15, 0.2) is 0 Å². The maximum absolute atomic E-state index is 13.4. The van der Waals surface area contributed by atoms with Crippen molar-refractivity contribution >= 4 is 21.6 Å². The summed E-state index contributed by atoms with van der Waals surface area (Å²) in [6, 6.07) is 3.44. The average molecular weight is 281 g/mol. The van der Waals surface area contributed by atoms with Gasteiger partial charge < -0.3 is 5.73 Å². The van der Waals surface area contributed by atoms with Gasteiger partial charge in [0.05, 0.1) is 0 Å². The number of halogens is 2. The lowest BCUT2D eigenvalue weighted by Crippen LogP contribution is -2.26. The molecule has 0 unspecified atom stereocenters. The number of hydrogen-bond donors (Lipinski definition) is 2. The zero-order valence-corrected chi connectivity index (χ0v) is 10.7. The van der Waals surface area contributed by atoms with Crippen LogP contribution in [0.1, 0.15) is 12.8 Å². The zero-order chi connectivity index (χ0) is 12.9. The van der Waals surface area contributed by atoms with Crippen LogP contribution in [0.15, 0.2) is 23.1 Å². The van der Waals surface area contributed by atoms with Gasteiger partial charge in [-0.25, -0.2) is 17.5 Å². The molecule has 96 valence electrons. The number of benzene rings is 1. The van der Waals surface area contributed by atoms with E-state index >= 15 is 0 Å². The van der Waals surface area contributed by atoms with E-state index < -0.39 is 20.7 Å². The van der Waals surface area contributed by atoms with Crippen LogP contribution in [0.4, 0.5) is 4.39 Å². The molecule has 0 aliphatic heterocycles. The largest absolute Gasteiger partial charge is 0.330 e. The Kier molecular flexibility index (Phi) is 5.32. The van der Waals surface area contributed by atoms with E-state index in [4.69, 9.17) is 17.3 Å². The van der Waals surface area contributed by atoms with Crippen LogP contribution in [0, 0.1) is 5.82 Å². The number of sulfonamides is 1. The standard InChI is InChI=1S/C10H14ClFN2O2S/c11-8-3-4-10(9(12)7-8)17(15,16)14-6-2-1-5-13/h3-4,7,14H,1-2,5-6,13H2. The molecule has 1 rings (SSSR count). The van der Waals surface area contributed by atoms with Crippen molar-refractivity contribution in [2.24, 2.45) is 5.73 Å². The topological polar surface area (TPSA) is 72.2 Å². The summed E-state index contributed by atoms with van der Waals surface area (Å²) in [5, 5.41) is 0.157. The number of rotatable bonds is 6. The molecule has 3 N–H and O–H groups in total. The Bertz CT molecular complexity index is 479. The van der Waals surface area contributed by atoms with E-state index in [1.54, 1.807) is 0 Å². The van der Waals surface area contributed by atoms with Gasteiger partial charge in [-0.05, 0) is 37.6 Å². The first-order valence-corrected chi connectivity index (χ1v) is 6.98. The predicted molar refractivity (Wildman–Crippen MR) is 64.9 cm³/mol. The third-order valence-corrected chi connectivity index (χ3v) is 3.84. The molecule has 0 fully saturated rings. The van der Waals surface area contributed by atoms with Gasteiger partial charge in [-0.15, -0.1) is 0 Å². The Labute approximate surface area is 105 Å². The fourth-order valence-electron chi connectivity index (χ4n) is 1.25. The van der Waals surface area contributed by atoms with Crippen LogP contribution in [0.5, 0.6) is 0 Å².